The number of nitrogens with one attached hydrogen (secondary N) is 2. The van der Waals surface area contributed by atoms with Crippen LogP contribution in [0.15, 0.2) is 127 Å². The van der Waals surface area contributed by atoms with E-state index in [0.29, 0.717) is 11.4 Å². The van der Waals surface area contributed by atoms with Gasteiger partial charge in [-0.2, -0.15) is 21.9 Å². The monoisotopic (exact) mass is 802 g/mol. The number of phenols is 2. The van der Waals surface area contributed by atoms with Gasteiger partial charge in [-0.15, -0.1) is 15.3 Å². The number of aromatic hydroxyl groups is 2. The van der Waals surface area contributed by atoms with E-state index in [-0.39, 0.29) is 97.7 Å². The van der Waals surface area contributed by atoms with Crippen molar-refractivity contribution in [1.29, 1.82) is 0 Å². The second-order valence-corrected chi connectivity index (χ2v) is 14.2. The van der Waals surface area contributed by atoms with Gasteiger partial charge in [-0.3, -0.25) is 9.11 Å². The number of phenolic OH excluding ortho intramolecular Hbond substituents is 2. The summed E-state index contributed by atoms with van der Waals surface area (Å²) in [5.74, 6) is -0.848. The molecule has 272 valence electrons. The summed E-state index contributed by atoms with van der Waals surface area (Å²) in [6.45, 7) is 1.77. The van der Waals surface area contributed by atoms with E-state index in [4.69, 9.17) is 4.74 Å². The number of hydrogen-bond acceptors (Lipinski definition) is 12. The van der Waals surface area contributed by atoms with E-state index in [1.807, 2.05) is 0 Å². The summed E-state index contributed by atoms with van der Waals surface area (Å²) in [4.78, 5) is 11.6. The minimum absolute atomic E-state index is 0. The fourth-order valence-electron chi connectivity index (χ4n) is 5.33. The van der Waals surface area contributed by atoms with Gasteiger partial charge in [0.2, 0.25) is 0 Å². The van der Waals surface area contributed by atoms with Gasteiger partial charge in [0.15, 0.2) is 11.5 Å². The van der Waals surface area contributed by atoms with Crippen molar-refractivity contribution >= 4 is 141 Å². The van der Waals surface area contributed by atoms with Crippen LogP contribution in [0.2, 0.25) is 0 Å². The van der Waals surface area contributed by atoms with Gasteiger partial charge < -0.3 is 25.6 Å². The minimum Gasteiger partial charge on any atom is -0.505 e. The molecule has 0 saturated heterocycles. The number of hydrogen-bond donors (Lipinski definition) is 6. The van der Waals surface area contributed by atoms with Crippen molar-refractivity contribution in [3.8, 4) is 17.2 Å². The van der Waals surface area contributed by atoms with E-state index in [0.717, 1.165) is 17.7 Å². The molecule has 0 aliphatic rings. The Morgan fingerprint density at radius 2 is 1.05 bits per heavy atom. The van der Waals surface area contributed by atoms with Crippen LogP contribution in [-0.2, 0) is 20.2 Å². The zero-order chi connectivity index (χ0) is 38.1. The molecule has 2 radical (unpaired) electrons. The SMILES string of the molecule is COc1ccccc1N=Nc1c(S(=O)(=O)O)cc2cc(NC(=O)Nc3ccc4c(O)c(N=Nc5ccccc5C)c(S(=O)(=O)O)cc4c3)ccc2c1O.[Na].[Na]. The van der Waals surface area contributed by atoms with Gasteiger partial charge in [-0.25, -0.2) is 4.79 Å². The number of amides is 2. The van der Waals surface area contributed by atoms with Crippen LogP contribution in [0.5, 0.6) is 17.2 Å². The average Bonchev–Trinajstić information content (AvgIpc) is 3.10. The third-order valence-corrected chi connectivity index (χ3v) is 9.62. The number of urea groups is 1. The van der Waals surface area contributed by atoms with Gasteiger partial charge in [0.1, 0.15) is 32.6 Å². The molecule has 55 heavy (non-hydrogen) atoms. The topological polar surface area (TPSA) is 249 Å². The largest absolute Gasteiger partial charge is 0.505 e. The first-order chi connectivity index (χ1) is 25.1. The first kappa shape index (κ1) is 43.3. The van der Waals surface area contributed by atoms with E-state index in [1.165, 1.54) is 43.5 Å². The summed E-state index contributed by atoms with van der Waals surface area (Å²) in [5.41, 5.74) is 0.683. The van der Waals surface area contributed by atoms with E-state index < -0.39 is 58.9 Å². The number of fused-ring (bicyclic) bond motifs is 2. The predicted octanol–water partition coefficient (Wildman–Crippen LogP) is 7.93. The number of ether oxygens (including phenoxy) is 1. The Morgan fingerprint density at radius 1 is 0.618 bits per heavy atom. The van der Waals surface area contributed by atoms with Gasteiger partial charge in [0.25, 0.3) is 20.2 Å². The Morgan fingerprint density at radius 3 is 1.51 bits per heavy atom. The molecule has 2 amide bonds. The molecule has 0 aromatic heterocycles. The molecular weight excluding hydrogens is 775 g/mol. The zero-order valence-electron chi connectivity index (χ0n) is 29.6. The number of anilines is 2. The van der Waals surface area contributed by atoms with Crippen LogP contribution in [0, 0.1) is 6.92 Å². The first-order valence-electron chi connectivity index (χ1n) is 15.3. The van der Waals surface area contributed by atoms with E-state index in [1.54, 1.807) is 55.5 Å². The Labute approximate surface area is 358 Å². The van der Waals surface area contributed by atoms with E-state index in [9.17, 15) is 40.9 Å². The fraction of sp³-hybridized carbons (Fsp3) is 0.0571. The molecule has 0 bridgehead atoms. The molecule has 0 atom stereocenters. The number of azo groups is 2. The second kappa shape index (κ2) is 17.5. The molecule has 6 aromatic rings. The summed E-state index contributed by atoms with van der Waals surface area (Å²) < 4.78 is 74.4. The molecule has 6 aromatic carbocycles. The van der Waals surface area contributed by atoms with Gasteiger partial charge in [0, 0.05) is 81.3 Å². The third kappa shape index (κ3) is 9.68. The van der Waals surface area contributed by atoms with Gasteiger partial charge in [0.05, 0.1) is 12.8 Å². The van der Waals surface area contributed by atoms with E-state index >= 15 is 0 Å². The van der Waals surface area contributed by atoms with Crippen LogP contribution in [0.3, 0.4) is 0 Å². The standard InChI is InChI=1S/C35H28N6O10S2.2Na/c1-19-7-3-4-8-26(19)38-40-31-29(52(45,46)47)17-20-15-22(11-13-24(20)33(31)42)36-35(44)37-23-12-14-25-21(16-23)18-30(53(48,49)50)32(34(25)43)41-39-27-9-5-6-10-28(27)51-2;;/h3-18,42-43H,1-2H3,(H2,36,37,44)(H,45,46,47)(H,48,49,50);;. The Bertz CT molecular complexity index is 2750. The van der Waals surface area contributed by atoms with E-state index in [2.05, 4.69) is 31.1 Å². The Hall–Kier alpha value is -4.47. The van der Waals surface area contributed by atoms with Crippen LogP contribution in [0.25, 0.3) is 21.5 Å². The van der Waals surface area contributed by atoms with Crippen molar-refractivity contribution < 1.29 is 45.7 Å². The first-order valence-corrected chi connectivity index (χ1v) is 18.2. The maximum Gasteiger partial charge on any atom is 0.323 e. The number of aryl methyl sites for hydroxylation is 1. The molecule has 0 aliphatic heterocycles. The number of carbonyl (C=O) groups excluding carboxylic acids is 1. The summed E-state index contributed by atoms with van der Waals surface area (Å²) in [6.07, 6.45) is 0. The number of rotatable bonds is 9. The molecule has 0 spiro atoms. The molecule has 0 aliphatic carbocycles. The third-order valence-electron chi connectivity index (χ3n) is 7.89. The summed E-state index contributed by atoms with van der Waals surface area (Å²) >= 11 is 0. The van der Waals surface area contributed by atoms with Gasteiger partial charge in [-0.1, -0.05) is 30.3 Å². The number of methoxy groups -OCH3 is 1. The predicted molar refractivity (Wildman–Crippen MR) is 208 cm³/mol. The average molecular weight is 803 g/mol. The number of carbonyl (C=O) groups is 1. The van der Waals surface area contributed by atoms with Crippen LogP contribution in [-0.4, -0.2) is 108 Å². The van der Waals surface area contributed by atoms with Crippen LogP contribution in [0.1, 0.15) is 5.56 Å². The van der Waals surface area contributed by atoms with Crippen molar-refractivity contribution in [2.75, 3.05) is 17.7 Å². The summed E-state index contributed by atoms with van der Waals surface area (Å²) in [5, 5.41) is 43.5. The smallest absolute Gasteiger partial charge is 0.323 e. The molecule has 0 saturated carbocycles. The molecule has 20 heteroatoms. The number of para-hydroxylation sites is 1. The maximum absolute atomic E-state index is 13.0. The van der Waals surface area contributed by atoms with Gasteiger partial charge in [-0.05, 0) is 90.0 Å². The summed E-state index contributed by atoms with van der Waals surface area (Å²) in [6, 6.07) is 23.1. The quantitative estimate of drug-likeness (QED) is 0.0468. The molecule has 0 heterocycles. The number of benzene rings is 6. The van der Waals surface area contributed by atoms with Crippen molar-refractivity contribution in [3.05, 3.63) is 103 Å². The molecule has 16 nitrogen and oxygen atoms in total. The maximum atomic E-state index is 13.0. The molecule has 6 N–H and O–H groups in total. The van der Waals surface area contributed by atoms with Crippen molar-refractivity contribution in [2.45, 2.75) is 16.7 Å². The minimum atomic E-state index is -4.93. The zero-order valence-corrected chi connectivity index (χ0v) is 35.2. The Kier molecular flexibility index (Phi) is 13.8. The van der Waals surface area contributed by atoms with Crippen LogP contribution in [0.4, 0.5) is 38.9 Å². The number of nitrogens with zero attached hydrogens (tertiary/aromatic N) is 4. The van der Waals surface area contributed by atoms with Gasteiger partial charge >= 0.3 is 6.03 Å². The summed E-state index contributed by atoms with van der Waals surface area (Å²) in [7, 11) is -8.41. The normalized spacial score (nSPS) is 11.7. The molecule has 6 rings (SSSR count). The van der Waals surface area contributed by atoms with Crippen LogP contribution >= 0.6 is 0 Å². The molecular formula is C35H28N6Na2O10S2. The van der Waals surface area contributed by atoms with Crippen molar-refractivity contribution in [1.82, 2.24) is 0 Å². The fourth-order valence-corrected chi connectivity index (χ4v) is 6.65. The molecule has 0 unspecified atom stereocenters. The van der Waals surface area contributed by atoms with Crippen molar-refractivity contribution in [3.63, 3.8) is 0 Å². The Balaban J connectivity index is 0.00000336. The van der Waals surface area contributed by atoms with Crippen molar-refractivity contribution in [2.24, 2.45) is 20.5 Å². The van der Waals surface area contributed by atoms with Crippen LogP contribution < -0.4 is 15.4 Å². The molecule has 0 fully saturated rings. The second-order valence-electron chi connectivity index (χ2n) is 11.4.